The largest absolute Gasteiger partial charge is 0.501 e. The molecule has 0 spiro atoms. The maximum absolute atomic E-state index is 13.3. The molecule has 1 aliphatic rings. The van der Waals surface area contributed by atoms with E-state index in [1.807, 2.05) is 6.07 Å². The average molecular weight is 301 g/mol. The van der Waals surface area contributed by atoms with Gasteiger partial charge in [0.25, 0.3) is 0 Å². The molecule has 0 saturated heterocycles. The minimum atomic E-state index is -0.285. The third-order valence-corrected chi connectivity index (χ3v) is 3.18. The van der Waals surface area contributed by atoms with Crippen LogP contribution in [0.3, 0.4) is 0 Å². The summed E-state index contributed by atoms with van der Waals surface area (Å²) in [6.45, 7) is 0.730. The van der Waals surface area contributed by atoms with Gasteiger partial charge in [0, 0.05) is 4.47 Å². The molecule has 0 radical (unpaired) electrons. The van der Waals surface area contributed by atoms with Crippen LogP contribution in [0.1, 0.15) is 24.4 Å². The van der Waals surface area contributed by atoms with Gasteiger partial charge in [-0.1, -0.05) is 15.9 Å². The first-order valence-electron chi connectivity index (χ1n) is 5.43. The summed E-state index contributed by atoms with van der Waals surface area (Å²) in [6.07, 6.45) is 3.58. The van der Waals surface area contributed by atoms with Crippen molar-refractivity contribution in [3.05, 3.63) is 45.9 Å². The van der Waals surface area contributed by atoms with Gasteiger partial charge < -0.3 is 4.74 Å². The summed E-state index contributed by atoms with van der Waals surface area (Å²) in [4.78, 5) is 0. The molecule has 0 saturated carbocycles. The highest BCUT2D eigenvalue weighted by molar-refractivity contribution is 9.10. The first kappa shape index (κ1) is 12.5. The number of nitrogens with one attached hydrogen (secondary N) is 1. The normalized spacial score (nSPS) is 17.2. The molecule has 0 bridgehead atoms. The SMILES string of the molecule is NNC(C1=COCCC1)c1cc(F)cc(Br)c1. The van der Waals surface area contributed by atoms with Crippen LogP contribution in [0.25, 0.3) is 0 Å². The van der Waals surface area contributed by atoms with Crippen LogP contribution in [0.15, 0.2) is 34.5 Å². The Morgan fingerprint density at radius 1 is 1.41 bits per heavy atom. The van der Waals surface area contributed by atoms with Crippen molar-refractivity contribution in [1.29, 1.82) is 0 Å². The second kappa shape index (κ2) is 5.62. The Kier molecular flexibility index (Phi) is 4.15. The molecule has 1 atom stereocenters. The summed E-state index contributed by atoms with van der Waals surface area (Å²) in [5.74, 6) is 5.27. The summed E-state index contributed by atoms with van der Waals surface area (Å²) < 4.78 is 19.3. The monoisotopic (exact) mass is 300 g/mol. The van der Waals surface area contributed by atoms with Crippen molar-refractivity contribution < 1.29 is 9.13 Å². The zero-order valence-electron chi connectivity index (χ0n) is 9.25. The van der Waals surface area contributed by atoms with Crippen LogP contribution in [0.5, 0.6) is 0 Å². The standard InChI is InChI=1S/C12H14BrFN2O/c13-10-4-9(5-11(14)6-10)12(16-15)8-2-1-3-17-7-8/h4-7,12,16H,1-3,15H2. The van der Waals surface area contributed by atoms with Crippen molar-refractivity contribution in [2.45, 2.75) is 18.9 Å². The smallest absolute Gasteiger partial charge is 0.124 e. The van der Waals surface area contributed by atoms with Gasteiger partial charge in [-0.25, -0.2) is 9.82 Å². The van der Waals surface area contributed by atoms with Crippen molar-refractivity contribution in [1.82, 2.24) is 5.43 Å². The highest BCUT2D eigenvalue weighted by Gasteiger charge is 2.18. The number of halogens is 2. The summed E-state index contributed by atoms with van der Waals surface area (Å²) in [7, 11) is 0. The van der Waals surface area contributed by atoms with E-state index < -0.39 is 0 Å². The molecule has 92 valence electrons. The number of benzene rings is 1. The second-order valence-electron chi connectivity index (χ2n) is 3.97. The lowest BCUT2D eigenvalue weighted by molar-refractivity contribution is 0.219. The number of ether oxygens (including phenoxy) is 1. The van der Waals surface area contributed by atoms with Gasteiger partial charge in [-0.3, -0.25) is 5.84 Å². The Balaban J connectivity index is 2.31. The lowest BCUT2D eigenvalue weighted by Crippen LogP contribution is -2.30. The first-order valence-corrected chi connectivity index (χ1v) is 6.22. The van der Waals surface area contributed by atoms with E-state index in [4.69, 9.17) is 10.6 Å². The minimum Gasteiger partial charge on any atom is -0.501 e. The van der Waals surface area contributed by atoms with Gasteiger partial charge in [0.1, 0.15) is 5.82 Å². The lowest BCUT2D eigenvalue weighted by Gasteiger charge is -2.23. The zero-order valence-corrected chi connectivity index (χ0v) is 10.8. The molecule has 17 heavy (non-hydrogen) atoms. The quantitative estimate of drug-likeness (QED) is 0.666. The Morgan fingerprint density at radius 3 is 2.82 bits per heavy atom. The molecule has 5 heteroatoms. The fourth-order valence-corrected chi connectivity index (χ4v) is 2.44. The van der Waals surface area contributed by atoms with Gasteiger partial charge in [-0.15, -0.1) is 0 Å². The molecule has 1 aromatic rings. The van der Waals surface area contributed by atoms with E-state index in [0.29, 0.717) is 4.47 Å². The number of hydrogen-bond acceptors (Lipinski definition) is 3. The van der Waals surface area contributed by atoms with Crippen molar-refractivity contribution in [3.63, 3.8) is 0 Å². The van der Waals surface area contributed by atoms with Gasteiger partial charge in [-0.2, -0.15) is 0 Å². The maximum atomic E-state index is 13.3. The molecule has 0 aromatic heterocycles. The minimum absolute atomic E-state index is 0.206. The van der Waals surface area contributed by atoms with Crippen LogP contribution in [-0.4, -0.2) is 6.61 Å². The number of hydrogen-bond donors (Lipinski definition) is 2. The van der Waals surface area contributed by atoms with E-state index in [2.05, 4.69) is 21.4 Å². The Hall–Kier alpha value is -0.910. The Morgan fingerprint density at radius 2 is 2.24 bits per heavy atom. The lowest BCUT2D eigenvalue weighted by atomic mass is 9.96. The van der Waals surface area contributed by atoms with Gasteiger partial charge >= 0.3 is 0 Å². The van der Waals surface area contributed by atoms with Crippen LogP contribution in [0, 0.1) is 5.82 Å². The first-order chi connectivity index (χ1) is 8.20. The van der Waals surface area contributed by atoms with E-state index >= 15 is 0 Å². The molecule has 0 fully saturated rings. The Labute approximate surface area is 108 Å². The topological polar surface area (TPSA) is 47.3 Å². The number of hydrazine groups is 1. The van der Waals surface area contributed by atoms with Gasteiger partial charge in [0.05, 0.1) is 18.9 Å². The third-order valence-electron chi connectivity index (χ3n) is 2.72. The molecule has 2 rings (SSSR count). The Bertz CT molecular complexity index is 416. The molecule has 0 amide bonds. The predicted octanol–water partition coefficient (Wildman–Crippen LogP) is 2.79. The zero-order chi connectivity index (χ0) is 12.3. The molecular formula is C12H14BrFN2O. The van der Waals surface area contributed by atoms with Crippen molar-refractivity contribution in [3.8, 4) is 0 Å². The molecule has 3 nitrogen and oxygen atoms in total. The summed E-state index contributed by atoms with van der Waals surface area (Å²) >= 11 is 3.28. The fraction of sp³-hybridized carbons (Fsp3) is 0.333. The molecular weight excluding hydrogens is 287 g/mol. The molecule has 3 N–H and O–H groups in total. The summed E-state index contributed by atoms with van der Waals surface area (Å²) in [5, 5.41) is 0. The maximum Gasteiger partial charge on any atom is 0.124 e. The van der Waals surface area contributed by atoms with Crippen LogP contribution in [0.2, 0.25) is 0 Å². The third kappa shape index (κ3) is 3.06. The second-order valence-corrected chi connectivity index (χ2v) is 4.89. The average Bonchev–Trinajstić information content (AvgIpc) is 2.30. The van der Waals surface area contributed by atoms with Crippen LogP contribution < -0.4 is 11.3 Å². The highest BCUT2D eigenvalue weighted by atomic mass is 79.9. The van der Waals surface area contributed by atoms with E-state index in [1.165, 1.54) is 12.1 Å². The molecule has 1 aliphatic heterocycles. The van der Waals surface area contributed by atoms with E-state index in [-0.39, 0.29) is 11.9 Å². The molecule has 1 aromatic carbocycles. The predicted molar refractivity (Wildman–Crippen MR) is 67.4 cm³/mol. The van der Waals surface area contributed by atoms with Crippen molar-refractivity contribution in [2.75, 3.05) is 6.61 Å². The van der Waals surface area contributed by atoms with Gasteiger partial charge in [-0.05, 0) is 42.2 Å². The van der Waals surface area contributed by atoms with Gasteiger partial charge in [0.15, 0.2) is 0 Å². The molecule has 1 heterocycles. The number of nitrogens with two attached hydrogens (primary N) is 1. The van der Waals surface area contributed by atoms with Crippen LogP contribution >= 0.6 is 15.9 Å². The van der Waals surface area contributed by atoms with Gasteiger partial charge in [0.2, 0.25) is 0 Å². The van der Waals surface area contributed by atoms with Crippen LogP contribution in [0.4, 0.5) is 4.39 Å². The van der Waals surface area contributed by atoms with E-state index in [0.717, 1.165) is 30.6 Å². The molecule has 0 aliphatic carbocycles. The summed E-state index contributed by atoms with van der Waals surface area (Å²) in [6, 6.07) is 4.54. The van der Waals surface area contributed by atoms with Crippen molar-refractivity contribution >= 4 is 15.9 Å². The van der Waals surface area contributed by atoms with E-state index in [9.17, 15) is 4.39 Å². The molecule has 1 unspecified atom stereocenters. The van der Waals surface area contributed by atoms with Crippen molar-refractivity contribution in [2.24, 2.45) is 5.84 Å². The highest BCUT2D eigenvalue weighted by Crippen LogP contribution is 2.29. The fourth-order valence-electron chi connectivity index (χ4n) is 1.96. The number of rotatable bonds is 3. The van der Waals surface area contributed by atoms with Crippen LogP contribution in [-0.2, 0) is 4.74 Å². The summed E-state index contributed by atoms with van der Waals surface area (Å²) in [5.41, 5.74) is 4.53. The van der Waals surface area contributed by atoms with E-state index in [1.54, 1.807) is 6.26 Å².